The van der Waals surface area contributed by atoms with Crippen LogP contribution < -0.4 is 10.6 Å². The minimum absolute atomic E-state index is 0.00394. The van der Waals surface area contributed by atoms with E-state index < -0.39 is 15.9 Å². The van der Waals surface area contributed by atoms with Gasteiger partial charge in [0, 0.05) is 19.0 Å². The monoisotopic (exact) mass is 437 g/mol. The average Bonchev–Trinajstić information content (AvgIpc) is 3.05. The molecule has 8 nitrogen and oxygen atoms in total. The molecule has 2 saturated heterocycles. The van der Waals surface area contributed by atoms with Gasteiger partial charge in [-0.15, -0.1) is 0 Å². The number of hydrogen-bond donors (Lipinski definition) is 2. The van der Waals surface area contributed by atoms with Gasteiger partial charge in [0.25, 0.3) is 0 Å². The third-order valence-electron chi connectivity index (χ3n) is 5.59. The van der Waals surface area contributed by atoms with E-state index in [1.165, 1.54) is 6.42 Å². The Bertz CT molecular complexity index is 809. The van der Waals surface area contributed by atoms with E-state index in [1.807, 2.05) is 30.3 Å². The highest BCUT2D eigenvalue weighted by Gasteiger charge is 2.41. The van der Waals surface area contributed by atoms with E-state index in [2.05, 4.69) is 15.5 Å². The van der Waals surface area contributed by atoms with Crippen LogP contribution in [0.2, 0.25) is 0 Å². The lowest BCUT2D eigenvalue weighted by Crippen LogP contribution is -2.52. The zero-order chi connectivity index (χ0) is 21.4. The number of nitrogens with one attached hydrogen (secondary N) is 2. The molecule has 2 heterocycles. The molecule has 30 heavy (non-hydrogen) atoms. The van der Waals surface area contributed by atoms with Gasteiger partial charge >= 0.3 is 6.09 Å². The van der Waals surface area contributed by atoms with E-state index >= 15 is 0 Å². The number of carbonyl (C=O) groups excluding carboxylic acids is 2. The third-order valence-corrected chi connectivity index (χ3v) is 7.31. The topological polar surface area (TPSA) is 105 Å². The van der Waals surface area contributed by atoms with Crippen LogP contribution in [-0.2, 0) is 26.0 Å². The average molecular weight is 438 g/mol. The standard InChI is InChI=1S/C21H31N3O5S/c25-20(10-7-11-22-21(26)29-14-17-8-3-1-4-9-17)23-18-15-30(27,28)16-19(18)24-12-5-2-6-13-24/h1,3-4,8-9,18-19H,2,5-7,10-16H2,(H,22,26)(H,23,25). The molecule has 0 bridgehead atoms. The molecular formula is C21H31N3O5S. The molecule has 2 unspecified atom stereocenters. The highest BCUT2D eigenvalue weighted by molar-refractivity contribution is 7.91. The predicted octanol–water partition coefficient (Wildman–Crippen LogP) is 1.46. The molecule has 2 amide bonds. The van der Waals surface area contributed by atoms with E-state index in [0.29, 0.717) is 13.0 Å². The van der Waals surface area contributed by atoms with Crippen molar-refractivity contribution < 1.29 is 22.7 Å². The van der Waals surface area contributed by atoms with Crippen LogP contribution in [0.5, 0.6) is 0 Å². The van der Waals surface area contributed by atoms with Gasteiger partial charge in [0.2, 0.25) is 5.91 Å². The summed E-state index contributed by atoms with van der Waals surface area (Å²) in [5, 5.41) is 5.54. The Morgan fingerprint density at radius 1 is 1.07 bits per heavy atom. The maximum Gasteiger partial charge on any atom is 0.407 e. The molecule has 0 spiro atoms. The summed E-state index contributed by atoms with van der Waals surface area (Å²) in [7, 11) is -3.14. The van der Waals surface area contributed by atoms with Crippen LogP contribution in [0.3, 0.4) is 0 Å². The molecule has 2 aliphatic heterocycles. The van der Waals surface area contributed by atoms with Crippen LogP contribution in [0.15, 0.2) is 30.3 Å². The fraction of sp³-hybridized carbons (Fsp3) is 0.619. The van der Waals surface area contributed by atoms with Gasteiger partial charge in [0.05, 0.1) is 17.5 Å². The van der Waals surface area contributed by atoms with Crippen LogP contribution in [0, 0.1) is 0 Å². The summed E-state index contributed by atoms with van der Waals surface area (Å²) in [6.07, 6.45) is 3.48. The molecule has 1 aromatic carbocycles. The molecule has 0 aromatic heterocycles. The second-order valence-electron chi connectivity index (χ2n) is 8.01. The fourth-order valence-electron chi connectivity index (χ4n) is 4.07. The van der Waals surface area contributed by atoms with Crippen molar-refractivity contribution in [3.8, 4) is 0 Å². The number of rotatable bonds is 8. The molecule has 1 aromatic rings. The minimum Gasteiger partial charge on any atom is -0.445 e. The number of piperidine rings is 1. The van der Waals surface area contributed by atoms with Gasteiger partial charge in [0.1, 0.15) is 6.61 Å². The molecule has 0 aliphatic carbocycles. The number of alkyl carbamates (subject to hydrolysis) is 1. The van der Waals surface area contributed by atoms with E-state index in [4.69, 9.17) is 4.74 Å². The Balaban J connectivity index is 1.35. The summed E-state index contributed by atoms with van der Waals surface area (Å²) in [6, 6.07) is 8.90. The number of amides is 2. The number of hydrogen-bond acceptors (Lipinski definition) is 6. The molecule has 3 rings (SSSR count). The highest BCUT2D eigenvalue weighted by Crippen LogP contribution is 2.22. The van der Waals surface area contributed by atoms with Crippen molar-refractivity contribution in [3.05, 3.63) is 35.9 Å². The zero-order valence-electron chi connectivity index (χ0n) is 17.2. The maximum absolute atomic E-state index is 12.3. The lowest BCUT2D eigenvalue weighted by molar-refractivity contribution is -0.122. The zero-order valence-corrected chi connectivity index (χ0v) is 18.0. The number of nitrogens with zero attached hydrogens (tertiary/aromatic N) is 1. The van der Waals surface area contributed by atoms with Gasteiger partial charge in [-0.3, -0.25) is 9.69 Å². The largest absolute Gasteiger partial charge is 0.445 e. The Morgan fingerprint density at radius 3 is 2.53 bits per heavy atom. The first-order valence-electron chi connectivity index (χ1n) is 10.6. The summed E-state index contributed by atoms with van der Waals surface area (Å²) in [4.78, 5) is 26.3. The van der Waals surface area contributed by atoms with Crippen LogP contribution in [0.1, 0.15) is 37.7 Å². The van der Waals surface area contributed by atoms with Gasteiger partial charge in [-0.25, -0.2) is 13.2 Å². The van der Waals surface area contributed by atoms with Crippen molar-refractivity contribution in [2.45, 2.75) is 50.8 Å². The molecular weight excluding hydrogens is 406 g/mol. The summed E-state index contributed by atoms with van der Waals surface area (Å²) in [6.45, 7) is 2.30. The first-order chi connectivity index (χ1) is 14.4. The highest BCUT2D eigenvalue weighted by atomic mass is 32.2. The van der Waals surface area contributed by atoms with Crippen molar-refractivity contribution in [1.29, 1.82) is 0 Å². The van der Waals surface area contributed by atoms with E-state index in [9.17, 15) is 18.0 Å². The molecule has 9 heteroatoms. The first-order valence-corrected chi connectivity index (χ1v) is 12.4. The van der Waals surface area contributed by atoms with Crippen LogP contribution in [-0.4, -0.2) is 68.5 Å². The molecule has 2 N–H and O–H groups in total. The van der Waals surface area contributed by atoms with Crippen LogP contribution >= 0.6 is 0 Å². The second-order valence-corrected chi connectivity index (χ2v) is 10.2. The van der Waals surface area contributed by atoms with E-state index in [1.54, 1.807) is 0 Å². The van der Waals surface area contributed by atoms with Crippen molar-refractivity contribution in [2.24, 2.45) is 0 Å². The summed E-state index contributed by atoms with van der Waals surface area (Å²) in [5.41, 5.74) is 0.904. The molecule has 2 fully saturated rings. The van der Waals surface area contributed by atoms with Gasteiger partial charge in [-0.1, -0.05) is 36.8 Å². The maximum atomic E-state index is 12.3. The Labute approximate surface area is 178 Å². The predicted molar refractivity (Wildman–Crippen MR) is 114 cm³/mol. The smallest absolute Gasteiger partial charge is 0.407 e. The van der Waals surface area contributed by atoms with Crippen molar-refractivity contribution in [2.75, 3.05) is 31.1 Å². The normalized spacial score (nSPS) is 23.6. The number of ether oxygens (including phenoxy) is 1. The molecule has 166 valence electrons. The number of sulfone groups is 1. The first kappa shape index (κ1) is 22.6. The van der Waals surface area contributed by atoms with Crippen molar-refractivity contribution >= 4 is 21.8 Å². The Morgan fingerprint density at radius 2 is 1.80 bits per heavy atom. The minimum atomic E-state index is -3.14. The van der Waals surface area contributed by atoms with E-state index in [0.717, 1.165) is 31.5 Å². The van der Waals surface area contributed by atoms with Gasteiger partial charge in [-0.2, -0.15) is 0 Å². The number of likely N-dealkylation sites (tertiary alicyclic amines) is 1. The summed E-state index contributed by atoms with van der Waals surface area (Å²) in [5.74, 6) is -0.0601. The quantitative estimate of drug-likeness (QED) is 0.597. The van der Waals surface area contributed by atoms with Gasteiger partial charge in [0.15, 0.2) is 9.84 Å². The second kappa shape index (κ2) is 10.8. The SMILES string of the molecule is O=C(CCCNC(=O)OCc1ccccc1)NC1CS(=O)(=O)CC1N1CCCCC1. The lowest BCUT2D eigenvalue weighted by atomic mass is 10.0. The van der Waals surface area contributed by atoms with Crippen molar-refractivity contribution in [1.82, 2.24) is 15.5 Å². The molecule has 2 atom stereocenters. The molecule has 0 radical (unpaired) electrons. The van der Waals surface area contributed by atoms with E-state index in [-0.39, 0.29) is 42.5 Å². The number of benzene rings is 1. The fourth-order valence-corrected chi connectivity index (χ4v) is 6.02. The number of carbonyl (C=O) groups is 2. The summed E-state index contributed by atoms with van der Waals surface area (Å²) < 4.78 is 29.4. The molecule has 0 saturated carbocycles. The summed E-state index contributed by atoms with van der Waals surface area (Å²) >= 11 is 0. The van der Waals surface area contributed by atoms with Gasteiger partial charge < -0.3 is 15.4 Å². The molecule has 2 aliphatic rings. The lowest BCUT2D eigenvalue weighted by Gasteiger charge is -2.35. The van der Waals surface area contributed by atoms with Crippen LogP contribution in [0.25, 0.3) is 0 Å². The van der Waals surface area contributed by atoms with Gasteiger partial charge in [-0.05, 0) is 37.9 Å². The Hall–Kier alpha value is -2.13. The van der Waals surface area contributed by atoms with Crippen LogP contribution in [0.4, 0.5) is 4.79 Å². The Kier molecular flexibility index (Phi) is 8.09. The van der Waals surface area contributed by atoms with Crippen molar-refractivity contribution in [3.63, 3.8) is 0 Å². The third kappa shape index (κ3) is 6.98.